The number of nitrogens with zero attached hydrogens (tertiary/aromatic N) is 2. The number of pyridine rings is 1. The SMILES string of the molecule is CCOC(=O)c1cc[n+](Cc2ccc(N(CCCl)CCCl)cc2)cc1.Cc1ccc(S(=O)(=O)[O-])cc1. The monoisotopic (exact) mass is 552 g/mol. The van der Waals surface area contributed by atoms with Crippen molar-refractivity contribution in [1.29, 1.82) is 0 Å². The zero-order valence-corrected chi connectivity index (χ0v) is 22.6. The number of esters is 1. The molecule has 0 saturated heterocycles. The molecule has 0 spiro atoms. The van der Waals surface area contributed by atoms with Gasteiger partial charge in [-0.15, -0.1) is 23.2 Å². The molecule has 3 rings (SSSR count). The van der Waals surface area contributed by atoms with Gasteiger partial charge in [-0.05, 0) is 38.1 Å². The van der Waals surface area contributed by atoms with Crippen molar-refractivity contribution in [1.82, 2.24) is 0 Å². The Morgan fingerprint density at radius 2 is 1.50 bits per heavy atom. The van der Waals surface area contributed by atoms with E-state index in [-0.39, 0.29) is 10.9 Å². The fourth-order valence-electron chi connectivity index (χ4n) is 3.22. The lowest BCUT2D eigenvalue weighted by atomic mass is 10.2. The largest absolute Gasteiger partial charge is 0.744 e. The highest BCUT2D eigenvalue weighted by atomic mass is 35.5. The Bertz CT molecular complexity index is 1180. The van der Waals surface area contributed by atoms with Crippen LogP contribution in [0.15, 0.2) is 78.0 Å². The van der Waals surface area contributed by atoms with E-state index in [0.717, 1.165) is 30.9 Å². The molecule has 0 unspecified atom stereocenters. The molecule has 0 N–H and O–H groups in total. The van der Waals surface area contributed by atoms with Crippen LogP contribution in [0, 0.1) is 6.92 Å². The number of hydrogen-bond acceptors (Lipinski definition) is 6. The van der Waals surface area contributed by atoms with Gasteiger partial charge in [-0.2, -0.15) is 0 Å². The van der Waals surface area contributed by atoms with E-state index in [0.29, 0.717) is 23.9 Å². The maximum Gasteiger partial charge on any atom is 0.338 e. The highest BCUT2D eigenvalue weighted by molar-refractivity contribution is 7.85. The Morgan fingerprint density at radius 1 is 0.944 bits per heavy atom. The van der Waals surface area contributed by atoms with E-state index in [2.05, 4.69) is 29.2 Å². The number of alkyl halides is 2. The van der Waals surface area contributed by atoms with Gasteiger partial charge in [0.2, 0.25) is 0 Å². The lowest BCUT2D eigenvalue weighted by molar-refractivity contribution is -0.688. The van der Waals surface area contributed by atoms with Gasteiger partial charge in [0.25, 0.3) is 0 Å². The average molecular weight is 554 g/mol. The predicted octanol–water partition coefficient (Wildman–Crippen LogP) is 4.38. The first kappa shape index (κ1) is 29.6. The van der Waals surface area contributed by atoms with E-state index in [1.165, 1.54) is 17.7 Å². The molecular formula is C26H30Cl2N2O5S. The summed E-state index contributed by atoms with van der Waals surface area (Å²) in [6.45, 7) is 6.28. The topological polar surface area (TPSA) is 90.6 Å². The summed E-state index contributed by atoms with van der Waals surface area (Å²) in [6.07, 6.45) is 3.76. The number of carbonyl (C=O) groups is 1. The van der Waals surface area contributed by atoms with Gasteiger partial charge in [-0.1, -0.05) is 29.8 Å². The van der Waals surface area contributed by atoms with E-state index < -0.39 is 10.1 Å². The minimum atomic E-state index is -4.27. The summed E-state index contributed by atoms with van der Waals surface area (Å²) in [7, 11) is -4.27. The molecule has 0 aliphatic carbocycles. The summed E-state index contributed by atoms with van der Waals surface area (Å²) < 4.78 is 38.2. The number of halogens is 2. The third-order valence-electron chi connectivity index (χ3n) is 5.09. The van der Waals surface area contributed by atoms with Crippen molar-refractivity contribution in [2.75, 3.05) is 36.4 Å². The molecule has 0 fully saturated rings. The smallest absolute Gasteiger partial charge is 0.338 e. The van der Waals surface area contributed by atoms with Gasteiger partial charge in [-0.25, -0.2) is 17.8 Å². The maximum absolute atomic E-state index is 11.7. The first-order valence-electron chi connectivity index (χ1n) is 11.3. The average Bonchev–Trinajstić information content (AvgIpc) is 2.85. The lowest BCUT2D eigenvalue weighted by Crippen LogP contribution is -2.33. The van der Waals surface area contributed by atoms with Gasteiger partial charge in [0.1, 0.15) is 10.1 Å². The molecule has 36 heavy (non-hydrogen) atoms. The van der Waals surface area contributed by atoms with Gasteiger partial charge in [0.15, 0.2) is 18.9 Å². The van der Waals surface area contributed by atoms with Crippen molar-refractivity contribution in [3.05, 3.63) is 89.7 Å². The van der Waals surface area contributed by atoms with Gasteiger partial charge in [0.05, 0.1) is 17.1 Å². The van der Waals surface area contributed by atoms with Gasteiger partial charge in [0, 0.05) is 48.2 Å². The summed E-state index contributed by atoms with van der Waals surface area (Å²) in [5, 5.41) is 0. The number of benzene rings is 2. The van der Waals surface area contributed by atoms with Crippen molar-refractivity contribution < 1.29 is 27.1 Å². The molecule has 0 aliphatic rings. The number of hydrogen-bond donors (Lipinski definition) is 0. The molecule has 2 aromatic carbocycles. The molecule has 0 saturated carbocycles. The molecule has 10 heteroatoms. The van der Waals surface area contributed by atoms with Crippen LogP contribution in [0.2, 0.25) is 0 Å². The highest BCUT2D eigenvalue weighted by Crippen LogP contribution is 2.15. The summed E-state index contributed by atoms with van der Waals surface area (Å²) in [4.78, 5) is 13.7. The minimum absolute atomic E-state index is 0.178. The Kier molecular flexibility index (Phi) is 12.2. The van der Waals surface area contributed by atoms with Crippen molar-refractivity contribution >= 4 is 45.0 Å². The molecule has 0 aliphatic heterocycles. The molecule has 0 radical (unpaired) electrons. The first-order chi connectivity index (χ1) is 17.2. The van der Waals surface area contributed by atoms with E-state index >= 15 is 0 Å². The second-order valence-corrected chi connectivity index (χ2v) is 9.91. The number of rotatable bonds is 10. The molecule has 0 bridgehead atoms. The number of aryl methyl sites for hydroxylation is 1. The summed E-state index contributed by atoms with van der Waals surface area (Å²) in [5.74, 6) is 0.848. The normalized spacial score (nSPS) is 10.8. The van der Waals surface area contributed by atoms with Gasteiger partial charge >= 0.3 is 5.97 Å². The molecule has 7 nitrogen and oxygen atoms in total. The molecule has 0 amide bonds. The lowest BCUT2D eigenvalue weighted by Gasteiger charge is -2.22. The molecule has 1 heterocycles. The van der Waals surface area contributed by atoms with Gasteiger partial charge in [-0.3, -0.25) is 0 Å². The standard InChI is InChI=1S/C19H23Cl2N2O2.C7H8O3S/c1-2-25-19(24)17-7-11-22(12-8-17)15-16-3-5-18(6-4-16)23(13-9-20)14-10-21;1-6-2-4-7(5-3-6)11(8,9)10/h3-8,11-12H,2,9-10,13-15H2,1H3;2-5H,1H3,(H,8,9,10)/q+1;/p-1. The number of anilines is 1. The minimum Gasteiger partial charge on any atom is -0.744 e. The Hall–Kier alpha value is -2.65. The third-order valence-corrected chi connectivity index (χ3v) is 6.28. The summed E-state index contributed by atoms with van der Waals surface area (Å²) in [5.41, 5.74) is 3.78. The quantitative estimate of drug-likeness (QED) is 0.160. The van der Waals surface area contributed by atoms with E-state index in [4.69, 9.17) is 27.9 Å². The number of ether oxygens (including phenoxy) is 1. The van der Waals surface area contributed by atoms with Crippen LogP contribution in [0.4, 0.5) is 5.69 Å². The fraction of sp³-hybridized carbons (Fsp3) is 0.308. The van der Waals surface area contributed by atoms with Crippen molar-refractivity contribution in [3.8, 4) is 0 Å². The molecular weight excluding hydrogens is 523 g/mol. The molecule has 0 atom stereocenters. The van der Waals surface area contributed by atoms with Crippen LogP contribution >= 0.6 is 23.2 Å². The Morgan fingerprint density at radius 3 is 1.97 bits per heavy atom. The van der Waals surface area contributed by atoms with E-state index in [9.17, 15) is 17.8 Å². The number of carbonyl (C=O) groups excluding carboxylic acids is 1. The second-order valence-electron chi connectivity index (χ2n) is 7.78. The Labute approximate surface area is 223 Å². The predicted molar refractivity (Wildman–Crippen MR) is 141 cm³/mol. The van der Waals surface area contributed by atoms with Crippen LogP contribution in [-0.2, 0) is 21.4 Å². The zero-order valence-electron chi connectivity index (χ0n) is 20.3. The van der Waals surface area contributed by atoms with E-state index in [1.54, 1.807) is 31.2 Å². The van der Waals surface area contributed by atoms with Crippen LogP contribution in [0.25, 0.3) is 0 Å². The van der Waals surface area contributed by atoms with E-state index in [1.807, 2.05) is 23.9 Å². The first-order valence-corrected chi connectivity index (χ1v) is 13.8. The fourth-order valence-corrected chi connectivity index (χ4v) is 4.09. The van der Waals surface area contributed by atoms with Crippen molar-refractivity contribution in [2.45, 2.75) is 25.3 Å². The number of aromatic nitrogens is 1. The second kappa shape index (κ2) is 14.8. The highest BCUT2D eigenvalue weighted by Gasteiger charge is 2.10. The summed E-state index contributed by atoms with van der Waals surface area (Å²) in [6, 6.07) is 17.7. The van der Waals surface area contributed by atoms with Gasteiger partial charge < -0.3 is 14.2 Å². The summed E-state index contributed by atoms with van der Waals surface area (Å²) >= 11 is 11.7. The van der Waals surface area contributed by atoms with Crippen molar-refractivity contribution in [2.24, 2.45) is 0 Å². The third kappa shape index (κ3) is 9.78. The maximum atomic E-state index is 11.7. The van der Waals surface area contributed by atoms with Crippen LogP contribution in [-0.4, -0.2) is 50.4 Å². The van der Waals surface area contributed by atoms with Crippen molar-refractivity contribution in [3.63, 3.8) is 0 Å². The van der Waals surface area contributed by atoms with Crippen LogP contribution in [0.3, 0.4) is 0 Å². The zero-order chi connectivity index (χ0) is 26.6. The van der Waals surface area contributed by atoms with Crippen LogP contribution < -0.4 is 9.47 Å². The van der Waals surface area contributed by atoms with Crippen LogP contribution in [0.5, 0.6) is 0 Å². The Balaban J connectivity index is 0.000000346. The molecule has 1 aromatic heterocycles. The molecule has 194 valence electrons. The molecule has 3 aromatic rings. The van der Waals surface area contributed by atoms with Crippen LogP contribution in [0.1, 0.15) is 28.4 Å².